The second kappa shape index (κ2) is 8.36. The van der Waals surface area contributed by atoms with E-state index < -0.39 is 8.07 Å². The molecule has 0 heterocycles. The van der Waals surface area contributed by atoms with E-state index in [1.54, 1.807) is 21.5 Å². The van der Waals surface area contributed by atoms with E-state index in [-0.39, 0.29) is 0 Å². The van der Waals surface area contributed by atoms with Gasteiger partial charge in [0.05, 0.1) is 0 Å². The molecule has 2 unspecified atom stereocenters. The fourth-order valence-corrected chi connectivity index (χ4v) is 9.83. The van der Waals surface area contributed by atoms with Crippen LogP contribution in [0.15, 0.2) is 97.1 Å². The molecule has 0 radical (unpaired) electrons. The van der Waals surface area contributed by atoms with E-state index in [4.69, 9.17) is 0 Å². The van der Waals surface area contributed by atoms with Crippen molar-refractivity contribution in [3.05, 3.63) is 130 Å². The summed E-state index contributed by atoms with van der Waals surface area (Å²) in [5.74, 6) is 0.810. The molecule has 4 aromatic rings. The zero-order chi connectivity index (χ0) is 24.2. The molecule has 0 fully saturated rings. The van der Waals surface area contributed by atoms with Crippen LogP contribution in [0.3, 0.4) is 0 Å². The highest BCUT2D eigenvalue weighted by atomic mass is 28.3. The smallest absolute Gasteiger partial charge is 0.0623 e. The van der Waals surface area contributed by atoms with E-state index in [1.807, 2.05) is 0 Å². The van der Waals surface area contributed by atoms with Gasteiger partial charge in [0.25, 0.3) is 0 Å². The number of hydrogen-bond donors (Lipinski definition) is 0. The predicted molar refractivity (Wildman–Crippen MR) is 155 cm³/mol. The zero-order valence-corrected chi connectivity index (χ0v) is 22.0. The molecular weight excluding hydrogens is 436 g/mol. The maximum atomic E-state index is 2.55. The molecule has 0 aromatic heterocycles. The lowest BCUT2D eigenvalue weighted by Crippen LogP contribution is -2.56. The fourth-order valence-electron chi connectivity index (χ4n) is 6.44. The van der Waals surface area contributed by atoms with Crippen molar-refractivity contribution in [1.29, 1.82) is 0 Å². The Labute approximate surface area is 210 Å². The highest BCUT2D eigenvalue weighted by Crippen LogP contribution is 2.43. The Balaban J connectivity index is 1.43. The minimum Gasteiger partial charge on any atom is -0.0623 e. The molecule has 0 aliphatic heterocycles. The van der Waals surface area contributed by atoms with E-state index >= 15 is 0 Å². The summed E-state index contributed by atoms with van der Waals surface area (Å²) in [5, 5.41) is 3.16. The minimum absolute atomic E-state index is 0.405. The molecule has 2 aliphatic rings. The van der Waals surface area contributed by atoms with Crippen LogP contribution < -0.4 is 10.4 Å². The number of hydrogen-bond acceptors (Lipinski definition) is 0. The lowest BCUT2D eigenvalue weighted by molar-refractivity contribution is 1.01. The first-order valence-corrected chi connectivity index (χ1v) is 15.8. The van der Waals surface area contributed by atoms with Crippen LogP contribution in [0.1, 0.15) is 59.1 Å². The Morgan fingerprint density at radius 2 is 0.886 bits per heavy atom. The van der Waals surface area contributed by atoms with Crippen LogP contribution in [0, 0.1) is 0 Å². The molecule has 0 bridgehead atoms. The maximum absolute atomic E-state index is 2.55. The number of allylic oxidation sites excluding steroid dienone is 2. The summed E-state index contributed by atoms with van der Waals surface area (Å²) in [6, 6.07) is 35.8. The van der Waals surface area contributed by atoms with Gasteiger partial charge >= 0.3 is 0 Å². The lowest BCUT2D eigenvalue weighted by Gasteiger charge is -2.31. The normalized spacial score (nSPS) is 18.6. The first kappa shape index (κ1) is 22.1. The summed E-state index contributed by atoms with van der Waals surface area (Å²) in [7, 11) is -1.98. The van der Waals surface area contributed by atoms with Crippen molar-refractivity contribution in [2.45, 2.75) is 38.8 Å². The summed E-state index contributed by atoms with van der Waals surface area (Å²) in [4.78, 5) is 0. The molecule has 0 saturated carbocycles. The van der Waals surface area contributed by atoms with Crippen molar-refractivity contribution in [3.8, 4) is 0 Å². The van der Waals surface area contributed by atoms with Crippen molar-refractivity contribution in [2.24, 2.45) is 0 Å². The highest BCUT2D eigenvalue weighted by molar-refractivity contribution is 7.01. The summed E-state index contributed by atoms with van der Waals surface area (Å²) in [6.07, 6.45) is 4.85. The third-order valence-electron chi connectivity index (χ3n) is 8.26. The molecule has 1 heteroatoms. The van der Waals surface area contributed by atoms with Gasteiger partial charge in [-0.1, -0.05) is 147 Å². The SMILES string of the molecule is CC1C(c2ccccc2)=Cc2cccc([Si](C)(C)c3cccc4c3C(C)C(c3ccccc3)=C4)c21. The van der Waals surface area contributed by atoms with Gasteiger partial charge in [-0.2, -0.15) is 0 Å². The third-order valence-corrected chi connectivity index (χ3v) is 11.8. The number of fused-ring (bicyclic) bond motifs is 2. The molecule has 0 nitrogen and oxygen atoms in total. The summed E-state index contributed by atoms with van der Waals surface area (Å²) in [6.45, 7) is 9.90. The van der Waals surface area contributed by atoms with Gasteiger partial charge < -0.3 is 0 Å². The lowest BCUT2D eigenvalue weighted by atomic mass is 9.93. The molecule has 6 rings (SSSR count). The monoisotopic (exact) mass is 468 g/mol. The van der Waals surface area contributed by atoms with Crippen molar-refractivity contribution in [2.75, 3.05) is 0 Å². The van der Waals surface area contributed by atoms with Crippen molar-refractivity contribution < 1.29 is 0 Å². The predicted octanol–water partition coefficient (Wildman–Crippen LogP) is 7.82. The quantitative estimate of drug-likeness (QED) is 0.268. The van der Waals surface area contributed by atoms with Gasteiger partial charge in [0.2, 0.25) is 0 Å². The third kappa shape index (κ3) is 3.49. The van der Waals surface area contributed by atoms with Crippen LogP contribution >= 0.6 is 0 Å². The summed E-state index contributed by atoms with van der Waals surface area (Å²) >= 11 is 0. The maximum Gasteiger partial charge on any atom is 0.113 e. The van der Waals surface area contributed by atoms with Crippen molar-refractivity contribution in [3.63, 3.8) is 0 Å². The average Bonchev–Trinajstić information content (AvgIpc) is 3.42. The van der Waals surface area contributed by atoms with Crippen LogP contribution in [0.4, 0.5) is 0 Å². The van der Waals surface area contributed by atoms with Gasteiger partial charge in [-0.05, 0) is 44.5 Å². The molecule has 0 spiro atoms. The fraction of sp³-hybridized carbons (Fsp3) is 0.176. The van der Waals surface area contributed by atoms with Gasteiger partial charge in [0.1, 0.15) is 8.07 Å². The Bertz CT molecular complexity index is 1360. The number of rotatable bonds is 4. The standard InChI is InChI=1S/C34H32Si/c1-23-29(25-13-7-5-8-14-25)21-27-17-11-19-31(33(23)27)35(3,4)32-20-12-18-28-22-30(24(2)34(28)32)26-15-9-6-10-16-26/h5-24H,1-4H3. The largest absolute Gasteiger partial charge is 0.113 e. The second-order valence-corrected chi connectivity index (χ2v) is 14.9. The van der Waals surface area contributed by atoms with Gasteiger partial charge in [-0.25, -0.2) is 0 Å². The molecule has 2 atom stereocenters. The highest BCUT2D eigenvalue weighted by Gasteiger charge is 2.38. The molecule has 0 N–H and O–H groups in total. The van der Waals surface area contributed by atoms with Gasteiger partial charge in [-0.3, -0.25) is 0 Å². The topological polar surface area (TPSA) is 0 Å². The zero-order valence-electron chi connectivity index (χ0n) is 21.0. The first-order valence-electron chi connectivity index (χ1n) is 12.8. The molecule has 0 amide bonds. The van der Waals surface area contributed by atoms with E-state index in [0.717, 1.165) is 0 Å². The Kier molecular flexibility index (Phi) is 5.27. The number of benzene rings is 4. The molecule has 0 saturated heterocycles. The minimum atomic E-state index is -1.98. The summed E-state index contributed by atoms with van der Waals surface area (Å²) in [5.41, 5.74) is 11.5. The second-order valence-electron chi connectivity index (χ2n) is 10.6. The van der Waals surface area contributed by atoms with Crippen LogP contribution in [0.2, 0.25) is 13.1 Å². The van der Waals surface area contributed by atoms with Crippen molar-refractivity contribution in [1.82, 2.24) is 0 Å². The van der Waals surface area contributed by atoms with E-state index in [0.29, 0.717) is 11.8 Å². The van der Waals surface area contributed by atoms with E-state index in [2.05, 4.69) is 136 Å². The van der Waals surface area contributed by atoms with Crippen LogP contribution in [-0.4, -0.2) is 8.07 Å². The van der Waals surface area contributed by atoms with E-state index in [1.165, 1.54) is 33.4 Å². The van der Waals surface area contributed by atoms with Gasteiger partial charge in [0.15, 0.2) is 0 Å². The Morgan fingerprint density at radius 3 is 1.29 bits per heavy atom. The van der Waals surface area contributed by atoms with E-state index in [9.17, 15) is 0 Å². The molecule has 172 valence electrons. The first-order chi connectivity index (χ1) is 17.0. The molecule has 35 heavy (non-hydrogen) atoms. The summed E-state index contributed by atoms with van der Waals surface area (Å²) < 4.78 is 0. The molecular formula is C34H32Si. The molecule has 4 aromatic carbocycles. The Morgan fingerprint density at radius 1 is 0.486 bits per heavy atom. The van der Waals surface area contributed by atoms with Crippen LogP contribution in [0.25, 0.3) is 23.3 Å². The van der Waals surface area contributed by atoms with Gasteiger partial charge in [-0.15, -0.1) is 0 Å². The van der Waals surface area contributed by atoms with Crippen LogP contribution in [-0.2, 0) is 0 Å². The average molecular weight is 469 g/mol. The molecule has 2 aliphatic carbocycles. The Hall–Kier alpha value is -3.42. The van der Waals surface area contributed by atoms with Crippen LogP contribution in [0.5, 0.6) is 0 Å². The van der Waals surface area contributed by atoms with Crippen molar-refractivity contribution >= 4 is 41.7 Å². The van der Waals surface area contributed by atoms with Gasteiger partial charge in [0, 0.05) is 11.8 Å².